The Kier molecular flexibility index (Phi) is 5.36. The standard InChI is InChI=1S/C23H20ClF4N3O3/c24-15-5-16(25)20(29-9-15)31-11-18(33)30(10-12-1-3-14(4-2-12)23(26,27)28)19(21(31)34)22-6-13(7-22)17(32)8-22/h1-5,9,13,17,19,32H,6-8,10-11H2. The number of benzene rings is 1. The first-order chi connectivity index (χ1) is 16.0. The average molecular weight is 498 g/mol. The summed E-state index contributed by atoms with van der Waals surface area (Å²) in [6, 6.07) is 4.40. The second-order valence-electron chi connectivity index (χ2n) is 9.30. The predicted molar refractivity (Wildman–Crippen MR) is 113 cm³/mol. The molecule has 2 aromatic rings. The molecule has 6 rings (SSSR count). The fourth-order valence-corrected chi connectivity index (χ4v) is 5.77. The lowest BCUT2D eigenvalue weighted by Crippen LogP contribution is -2.66. The number of carbonyl (C=O) groups is 2. The number of piperazine rings is 1. The highest BCUT2D eigenvalue weighted by Crippen LogP contribution is 2.62. The highest BCUT2D eigenvalue weighted by atomic mass is 35.5. The van der Waals surface area contributed by atoms with Gasteiger partial charge in [0.2, 0.25) is 5.91 Å². The number of aliphatic hydroxyl groups excluding tert-OH is 1. The minimum Gasteiger partial charge on any atom is -0.393 e. The third kappa shape index (κ3) is 3.73. The molecule has 1 aromatic heterocycles. The Morgan fingerprint density at radius 3 is 2.38 bits per heavy atom. The Morgan fingerprint density at radius 2 is 1.82 bits per heavy atom. The zero-order valence-corrected chi connectivity index (χ0v) is 18.5. The van der Waals surface area contributed by atoms with Gasteiger partial charge in [0.1, 0.15) is 12.6 Å². The maximum atomic E-state index is 14.6. The van der Waals surface area contributed by atoms with Gasteiger partial charge in [-0.05, 0) is 48.9 Å². The number of aromatic nitrogens is 1. The van der Waals surface area contributed by atoms with Crippen LogP contribution in [0.25, 0.3) is 0 Å². The first kappa shape index (κ1) is 23.0. The van der Waals surface area contributed by atoms with Crippen molar-refractivity contribution < 1.29 is 32.3 Å². The molecule has 2 unspecified atom stereocenters. The van der Waals surface area contributed by atoms with E-state index in [2.05, 4.69) is 4.98 Å². The van der Waals surface area contributed by atoms with Crippen LogP contribution >= 0.6 is 11.6 Å². The van der Waals surface area contributed by atoms with Crippen molar-refractivity contribution in [3.63, 3.8) is 0 Å². The topological polar surface area (TPSA) is 73.7 Å². The van der Waals surface area contributed by atoms with E-state index < -0.39 is 53.5 Å². The summed E-state index contributed by atoms with van der Waals surface area (Å²) in [6.07, 6.45) is -2.53. The Bertz CT molecular complexity index is 1150. The number of fused-ring (bicyclic) bond motifs is 1. The van der Waals surface area contributed by atoms with Gasteiger partial charge in [0.05, 0.1) is 16.7 Å². The largest absolute Gasteiger partial charge is 0.416 e. The fourth-order valence-electron chi connectivity index (χ4n) is 5.62. The SMILES string of the molecule is O=C1C(C23CC(O)C(C2)C3)N(Cc2ccc(C(F)(F)F)cc2)C(=O)CN1c1ncc(Cl)cc1F. The normalized spacial score (nSPS) is 28.9. The second kappa shape index (κ2) is 7.91. The average Bonchev–Trinajstić information content (AvgIpc) is 3.23. The first-order valence-electron chi connectivity index (χ1n) is 10.7. The Hall–Kier alpha value is -2.72. The van der Waals surface area contributed by atoms with Crippen LogP contribution in [0.5, 0.6) is 0 Å². The number of nitrogens with zero attached hydrogens (tertiary/aromatic N) is 3. The lowest BCUT2D eigenvalue weighted by atomic mass is 9.63. The number of hydrogen-bond donors (Lipinski definition) is 1. The van der Waals surface area contributed by atoms with Gasteiger partial charge in [-0.15, -0.1) is 0 Å². The van der Waals surface area contributed by atoms with E-state index in [1.165, 1.54) is 23.2 Å². The fraction of sp³-hybridized carbons (Fsp3) is 0.435. The molecule has 34 heavy (non-hydrogen) atoms. The van der Waals surface area contributed by atoms with Crippen LogP contribution < -0.4 is 4.90 Å². The van der Waals surface area contributed by atoms with Crippen LogP contribution in [0.1, 0.15) is 30.4 Å². The van der Waals surface area contributed by atoms with Gasteiger partial charge in [-0.3, -0.25) is 14.5 Å². The summed E-state index contributed by atoms with van der Waals surface area (Å²) < 4.78 is 53.4. The van der Waals surface area contributed by atoms with E-state index in [4.69, 9.17) is 11.6 Å². The van der Waals surface area contributed by atoms with Gasteiger partial charge in [-0.25, -0.2) is 9.37 Å². The van der Waals surface area contributed by atoms with Crippen molar-refractivity contribution in [3.8, 4) is 0 Å². The number of alkyl halides is 3. The number of amides is 2. The zero-order valence-electron chi connectivity index (χ0n) is 17.7. The molecule has 0 spiro atoms. The maximum Gasteiger partial charge on any atom is 0.416 e. The zero-order chi connectivity index (χ0) is 24.4. The molecular weight excluding hydrogens is 478 g/mol. The maximum absolute atomic E-state index is 14.6. The first-order valence-corrected chi connectivity index (χ1v) is 11.1. The molecule has 11 heteroatoms. The molecule has 3 aliphatic carbocycles. The van der Waals surface area contributed by atoms with Crippen molar-refractivity contribution in [2.45, 2.75) is 44.1 Å². The molecule has 3 saturated carbocycles. The van der Waals surface area contributed by atoms with Gasteiger partial charge >= 0.3 is 6.18 Å². The number of hydrogen-bond acceptors (Lipinski definition) is 4. The van der Waals surface area contributed by atoms with Crippen LogP contribution in [-0.2, 0) is 22.3 Å². The van der Waals surface area contributed by atoms with Gasteiger partial charge in [-0.1, -0.05) is 23.7 Å². The van der Waals surface area contributed by atoms with Gasteiger partial charge in [0.25, 0.3) is 5.91 Å². The van der Waals surface area contributed by atoms with Crippen molar-refractivity contribution in [3.05, 3.63) is 58.5 Å². The quantitative estimate of drug-likeness (QED) is 0.652. The van der Waals surface area contributed by atoms with Gasteiger partial charge in [0.15, 0.2) is 11.6 Å². The van der Waals surface area contributed by atoms with Crippen molar-refractivity contribution in [1.29, 1.82) is 0 Å². The molecule has 0 radical (unpaired) electrons. The number of aliphatic hydroxyl groups is 1. The van der Waals surface area contributed by atoms with E-state index in [0.29, 0.717) is 24.8 Å². The summed E-state index contributed by atoms with van der Waals surface area (Å²) >= 11 is 5.77. The monoisotopic (exact) mass is 497 g/mol. The molecule has 4 aliphatic rings. The summed E-state index contributed by atoms with van der Waals surface area (Å²) in [7, 11) is 0. The summed E-state index contributed by atoms with van der Waals surface area (Å²) in [5, 5.41) is 10.3. The highest BCUT2D eigenvalue weighted by Gasteiger charge is 2.64. The van der Waals surface area contributed by atoms with Gasteiger partial charge < -0.3 is 10.0 Å². The van der Waals surface area contributed by atoms with Gasteiger partial charge in [-0.2, -0.15) is 13.2 Å². The van der Waals surface area contributed by atoms with Gasteiger partial charge in [0, 0.05) is 18.2 Å². The molecule has 1 aromatic carbocycles. The summed E-state index contributed by atoms with van der Waals surface area (Å²) in [5.74, 6) is -2.16. The lowest BCUT2D eigenvalue weighted by Gasteiger charge is -2.51. The van der Waals surface area contributed by atoms with Crippen molar-refractivity contribution in [2.24, 2.45) is 11.3 Å². The van der Waals surface area contributed by atoms with Crippen LogP contribution in [0.2, 0.25) is 5.02 Å². The van der Waals surface area contributed by atoms with Crippen LogP contribution in [0, 0.1) is 17.2 Å². The molecule has 4 fully saturated rings. The van der Waals surface area contributed by atoms with E-state index in [-0.39, 0.29) is 23.3 Å². The van der Waals surface area contributed by atoms with E-state index in [1.54, 1.807) is 0 Å². The molecule has 2 heterocycles. The Morgan fingerprint density at radius 1 is 1.15 bits per heavy atom. The van der Waals surface area contributed by atoms with E-state index in [0.717, 1.165) is 23.1 Å². The number of carbonyl (C=O) groups excluding carboxylic acids is 2. The summed E-state index contributed by atoms with van der Waals surface area (Å²) in [4.78, 5) is 33.2. The minimum atomic E-state index is -4.49. The highest BCUT2D eigenvalue weighted by molar-refractivity contribution is 6.30. The summed E-state index contributed by atoms with van der Waals surface area (Å²) in [5.41, 5.74) is -1.07. The number of rotatable bonds is 4. The van der Waals surface area contributed by atoms with Crippen LogP contribution in [0.3, 0.4) is 0 Å². The molecule has 6 nitrogen and oxygen atoms in total. The van der Waals surface area contributed by atoms with E-state index >= 15 is 0 Å². The molecule has 2 amide bonds. The third-order valence-corrected chi connectivity index (χ3v) is 7.39. The predicted octanol–water partition coefficient (Wildman–Crippen LogP) is 3.80. The van der Waals surface area contributed by atoms with E-state index in [1.807, 2.05) is 0 Å². The Labute approximate surface area is 197 Å². The molecule has 2 atom stereocenters. The molecule has 180 valence electrons. The van der Waals surface area contributed by atoms with Crippen LogP contribution in [0.15, 0.2) is 36.5 Å². The molecule has 1 aliphatic heterocycles. The Balaban J connectivity index is 1.49. The number of halogens is 5. The van der Waals surface area contributed by atoms with Crippen LogP contribution in [-0.4, -0.2) is 45.5 Å². The van der Waals surface area contributed by atoms with E-state index in [9.17, 15) is 32.3 Å². The van der Waals surface area contributed by atoms with Crippen molar-refractivity contribution in [1.82, 2.24) is 9.88 Å². The molecule has 1 N–H and O–H groups in total. The van der Waals surface area contributed by atoms with Crippen LogP contribution in [0.4, 0.5) is 23.4 Å². The molecular formula is C23H20ClF4N3O3. The molecule has 2 bridgehead atoms. The lowest BCUT2D eigenvalue weighted by molar-refractivity contribution is -0.152. The van der Waals surface area contributed by atoms with Crippen molar-refractivity contribution in [2.75, 3.05) is 11.4 Å². The van der Waals surface area contributed by atoms with Crippen molar-refractivity contribution >= 4 is 29.2 Å². The second-order valence-corrected chi connectivity index (χ2v) is 9.74. The minimum absolute atomic E-state index is 0.0246. The molecule has 1 saturated heterocycles. The smallest absolute Gasteiger partial charge is 0.393 e. The number of pyridine rings is 1. The third-order valence-electron chi connectivity index (χ3n) is 7.18. The number of anilines is 1. The summed E-state index contributed by atoms with van der Waals surface area (Å²) in [6.45, 7) is -0.552.